The Kier molecular flexibility index (Phi) is 6.57. The summed E-state index contributed by atoms with van der Waals surface area (Å²) in [4.78, 5) is 24.0. The number of non-ortho nitro benzene ring substituents is 1. The van der Waals surface area contributed by atoms with E-state index < -0.39 is 4.92 Å². The molecule has 1 aromatic rings. The highest BCUT2D eigenvalue weighted by Gasteiger charge is 2.19. The Morgan fingerprint density at radius 1 is 1.43 bits per heavy atom. The monoisotopic (exact) mass is 296 g/mol. The summed E-state index contributed by atoms with van der Waals surface area (Å²) < 4.78 is 0. The molecule has 0 aliphatic heterocycles. The summed E-state index contributed by atoms with van der Waals surface area (Å²) in [6.45, 7) is 0.634. The minimum absolute atomic E-state index is 0.129. The average molecular weight is 296 g/mol. The molecule has 0 atom stereocenters. The number of nitrogens with two attached hydrogens (primary N) is 1. The van der Waals surface area contributed by atoms with Crippen molar-refractivity contribution in [3.05, 3.63) is 33.9 Å². The van der Waals surface area contributed by atoms with Crippen molar-refractivity contribution in [2.45, 2.75) is 19.3 Å². The van der Waals surface area contributed by atoms with Crippen LogP contribution < -0.4 is 11.3 Å². The zero-order valence-electron chi connectivity index (χ0n) is 11.9. The van der Waals surface area contributed by atoms with E-state index in [1.165, 1.54) is 23.1 Å². The molecule has 0 radical (unpaired) electrons. The number of hydrogen-bond acceptors (Lipinski definition) is 6. The Hall–Kier alpha value is -2.19. The number of carbonyl (C=O) groups excluding carboxylic acids is 1. The third-order valence-corrected chi connectivity index (χ3v) is 3.10. The van der Waals surface area contributed by atoms with E-state index in [0.717, 1.165) is 12.8 Å². The van der Waals surface area contributed by atoms with Gasteiger partial charge in [0.2, 0.25) is 0 Å². The van der Waals surface area contributed by atoms with Gasteiger partial charge in [-0.25, -0.2) is 0 Å². The van der Waals surface area contributed by atoms with Crippen molar-refractivity contribution >= 4 is 17.3 Å². The van der Waals surface area contributed by atoms with Crippen molar-refractivity contribution in [2.75, 3.05) is 25.6 Å². The van der Waals surface area contributed by atoms with Gasteiger partial charge in [-0.1, -0.05) is 0 Å². The van der Waals surface area contributed by atoms with Gasteiger partial charge in [0.15, 0.2) is 0 Å². The minimum atomic E-state index is -0.557. The van der Waals surface area contributed by atoms with Gasteiger partial charge in [0.05, 0.1) is 16.2 Å². The zero-order valence-corrected chi connectivity index (χ0v) is 11.9. The first-order chi connectivity index (χ1) is 10.0. The maximum absolute atomic E-state index is 12.3. The zero-order chi connectivity index (χ0) is 15.8. The fourth-order valence-corrected chi connectivity index (χ4v) is 1.89. The van der Waals surface area contributed by atoms with Gasteiger partial charge in [-0.15, -0.1) is 0 Å². The summed E-state index contributed by atoms with van der Waals surface area (Å²) in [5.41, 5.74) is 2.71. The summed E-state index contributed by atoms with van der Waals surface area (Å²) in [6.07, 6.45) is 2.25. The van der Waals surface area contributed by atoms with Crippen molar-refractivity contribution < 1.29 is 14.8 Å². The Bertz CT molecular complexity index is 507. The van der Waals surface area contributed by atoms with Gasteiger partial charge in [0.1, 0.15) is 0 Å². The summed E-state index contributed by atoms with van der Waals surface area (Å²) in [5, 5.41) is 19.5. The van der Waals surface area contributed by atoms with Crippen molar-refractivity contribution in [2.24, 2.45) is 5.84 Å². The number of anilines is 1. The van der Waals surface area contributed by atoms with E-state index in [-0.39, 0.29) is 23.8 Å². The summed E-state index contributed by atoms with van der Waals surface area (Å²) in [7, 11) is 1.63. The minimum Gasteiger partial charge on any atom is -0.396 e. The molecule has 116 valence electrons. The van der Waals surface area contributed by atoms with Gasteiger partial charge in [0, 0.05) is 32.3 Å². The second-order valence-corrected chi connectivity index (χ2v) is 4.64. The van der Waals surface area contributed by atoms with Crippen LogP contribution in [0, 0.1) is 10.1 Å². The van der Waals surface area contributed by atoms with E-state index in [2.05, 4.69) is 5.43 Å². The third-order valence-electron chi connectivity index (χ3n) is 3.10. The highest BCUT2D eigenvalue weighted by atomic mass is 16.6. The number of benzene rings is 1. The molecule has 0 aliphatic rings. The van der Waals surface area contributed by atoms with Crippen molar-refractivity contribution in [3.8, 4) is 0 Å². The Morgan fingerprint density at radius 3 is 2.71 bits per heavy atom. The van der Waals surface area contributed by atoms with Crippen LogP contribution in [-0.2, 0) is 0 Å². The maximum Gasteiger partial charge on any atom is 0.270 e. The van der Waals surface area contributed by atoms with Gasteiger partial charge < -0.3 is 15.4 Å². The predicted octanol–water partition coefficient (Wildman–Crippen LogP) is 1.11. The number of aliphatic hydroxyl groups is 1. The number of nitrogens with one attached hydrogen (secondary N) is 1. The number of rotatable bonds is 8. The lowest BCUT2D eigenvalue weighted by atomic mass is 10.1. The molecule has 1 rings (SSSR count). The molecule has 21 heavy (non-hydrogen) atoms. The molecule has 0 aliphatic carbocycles. The van der Waals surface area contributed by atoms with Crippen LogP contribution in [-0.4, -0.2) is 41.0 Å². The highest BCUT2D eigenvalue weighted by molar-refractivity contribution is 6.00. The van der Waals surface area contributed by atoms with Gasteiger partial charge in [-0.05, 0) is 25.3 Å². The number of hydrazine groups is 1. The molecule has 0 unspecified atom stereocenters. The first-order valence-electron chi connectivity index (χ1n) is 6.62. The Balaban J connectivity index is 2.84. The number of nitro groups is 1. The second kappa shape index (κ2) is 8.18. The highest BCUT2D eigenvalue weighted by Crippen LogP contribution is 2.22. The summed E-state index contributed by atoms with van der Waals surface area (Å²) in [6, 6.07) is 3.90. The van der Waals surface area contributed by atoms with Crippen LogP contribution in [0.2, 0.25) is 0 Å². The normalized spacial score (nSPS) is 10.2. The maximum atomic E-state index is 12.3. The lowest BCUT2D eigenvalue weighted by molar-refractivity contribution is -0.384. The number of hydrogen-bond donors (Lipinski definition) is 3. The molecule has 1 amide bonds. The van der Waals surface area contributed by atoms with Crippen LogP contribution in [0.15, 0.2) is 18.2 Å². The van der Waals surface area contributed by atoms with E-state index in [1.54, 1.807) is 7.05 Å². The van der Waals surface area contributed by atoms with Crippen molar-refractivity contribution in [1.82, 2.24) is 4.90 Å². The Morgan fingerprint density at radius 2 is 2.14 bits per heavy atom. The van der Waals surface area contributed by atoms with Crippen molar-refractivity contribution in [1.29, 1.82) is 0 Å². The molecule has 0 spiro atoms. The lowest BCUT2D eigenvalue weighted by Crippen LogP contribution is -2.29. The molecule has 0 bridgehead atoms. The molecule has 0 saturated carbocycles. The Labute approximate surface area is 122 Å². The molecule has 0 saturated heterocycles. The predicted molar refractivity (Wildman–Crippen MR) is 78.8 cm³/mol. The molecule has 8 nitrogen and oxygen atoms in total. The number of nitrogen functional groups attached to an aromatic ring is 1. The number of nitro benzene ring substituents is 1. The summed E-state index contributed by atoms with van der Waals surface area (Å²) in [5.74, 6) is 5.00. The number of carbonyl (C=O) groups is 1. The molecular weight excluding hydrogens is 276 g/mol. The van der Waals surface area contributed by atoms with Crippen LogP contribution in [0.25, 0.3) is 0 Å². The first kappa shape index (κ1) is 16.9. The van der Waals surface area contributed by atoms with E-state index in [4.69, 9.17) is 10.9 Å². The molecular formula is C13H20N4O4. The van der Waals surface area contributed by atoms with Gasteiger partial charge >= 0.3 is 0 Å². The number of nitrogens with zero attached hydrogens (tertiary/aromatic N) is 2. The fraction of sp³-hybridized carbons (Fsp3) is 0.462. The number of unbranched alkanes of at least 4 members (excludes halogenated alkanes) is 2. The van der Waals surface area contributed by atoms with Gasteiger partial charge in [0.25, 0.3) is 11.6 Å². The van der Waals surface area contributed by atoms with Crippen LogP contribution in [0.3, 0.4) is 0 Å². The number of amides is 1. The third kappa shape index (κ3) is 4.69. The molecule has 0 aromatic heterocycles. The van der Waals surface area contributed by atoms with Crippen LogP contribution in [0.4, 0.5) is 11.4 Å². The smallest absolute Gasteiger partial charge is 0.270 e. The standard InChI is InChI=1S/C13H20N4O4/c1-16(7-3-2-4-8-18)13(19)11-9-10(17(20)21)5-6-12(11)15-14/h5-6,9,15,18H,2-4,7-8,14H2,1H3. The van der Waals surface area contributed by atoms with E-state index in [0.29, 0.717) is 18.7 Å². The van der Waals surface area contributed by atoms with Crippen LogP contribution in [0.5, 0.6) is 0 Å². The average Bonchev–Trinajstić information content (AvgIpc) is 2.49. The van der Waals surface area contributed by atoms with Crippen molar-refractivity contribution in [3.63, 3.8) is 0 Å². The molecule has 0 fully saturated rings. The van der Waals surface area contributed by atoms with E-state index in [9.17, 15) is 14.9 Å². The largest absolute Gasteiger partial charge is 0.396 e. The SMILES string of the molecule is CN(CCCCCO)C(=O)c1cc([N+](=O)[O-])ccc1NN. The molecule has 4 N–H and O–H groups in total. The molecule has 8 heteroatoms. The fourth-order valence-electron chi connectivity index (χ4n) is 1.89. The first-order valence-corrected chi connectivity index (χ1v) is 6.62. The lowest BCUT2D eigenvalue weighted by Gasteiger charge is -2.18. The van der Waals surface area contributed by atoms with Crippen LogP contribution in [0.1, 0.15) is 29.6 Å². The quantitative estimate of drug-likeness (QED) is 0.286. The van der Waals surface area contributed by atoms with E-state index in [1.807, 2.05) is 0 Å². The topological polar surface area (TPSA) is 122 Å². The van der Waals surface area contributed by atoms with Gasteiger partial charge in [-0.3, -0.25) is 20.8 Å². The molecule has 1 aromatic carbocycles. The summed E-state index contributed by atoms with van der Waals surface area (Å²) >= 11 is 0. The molecule has 0 heterocycles. The number of aliphatic hydroxyl groups excluding tert-OH is 1. The van der Waals surface area contributed by atoms with Crippen LogP contribution >= 0.6 is 0 Å². The second-order valence-electron chi connectivity index (χ2n) is 4.64. The van der Waals surface area contributed by atoms with Gasteiger partial charge in [-0.2, -0.15) is 0 Å². The van der Waals surface area contributed by atoms with E-state index >= 15 is 0 Å².